The van der Waals surface area contributed by atoms with E-state index in [4.69, 9.17) is 33.7 Å². The predicted molar refractivity (Wildman–Crippen MR) is 81.8 cm³/mol. The summed E-state index contributed by atoms with van der Waals surface area (Å²) in [4.78, 5) is 12.2. The van der Waals surface area contributed by atoms with Gasteiger partial charge in [0.15, 0.2) is 5.75 Å². The molecule has 4 nitrogen and oxygen atoms in total. The van der Waals surface area contributed by atoms with E-state index in [0.29, 0.717) is 32.7 Å². The first-order valence-electron chi connectivity index (χ1n) is 5.71. The third-order valence-corrected chi connectivity index (χ3v) is 3.05. The molecule has 2 aromatic rings. The Bertz CT molecular complexity index is 639. The van der Waals surface area contributed by atoms with Crippen molar-refractivity contribution >= 4 is 40.5 Å². The Morgan fingerprint density at radius 2 is 1.85 bits per heavy atom. The molecule has 1 amide bonds. The highest BCUT2D eigenvalue weighted by atomic mass is 35.5. The normalized spacial score (nSPS) is 10.2. The number of hydrogen-bond acceptors (Lipinski definition) is 3. The molecule has 0 bridgehead atoms. The molecule has 6 heteroatoms. The van der Waals surface area contributed by atoms with Crippen molar-refractivity contribution in [3.8, 4) is 5.75 Å². The zero-order valence-corrected chi connectivity index (χ0v) is 12.1. The lowest BCUT2D eigenvalue weighted by Gasteiger charge is -2.11. The highest BCUT2D eigenvalue weighted by molar-refractivity contribution is 6.35. The standard InChI is InChI=1S/C14H12Cl2N2O2/c1-20-13-11(3-2-4-12(13)17)14(19)18-10-6-8(15)5-9(16)7-10/h2-7H,17H2,1H3,(H,18,19). The van der Waals surface area contributed by atoms with Crippen molar-refractivity contribution in [3.05, 3.63) is 52.0 Å². The van der Waals surface area contributed by atoms with Gasteiger partial charge in [-0.3, -0.25) is 4.79 Å². The first-order chi connectivity index (χ1) is 9.51. The molecule has 3 N–H and O–H groups in total. The zero-order chi connectivity index (χ0) is 14.7. The first-order valence-corrected chi connectivity index (χ1v) is 6.47. The van der Waals surface area contributed by atoms with Crippen molar-refractivity contribution in [1.82, 2.24) is 0 Å². The summed E-state index contributed by atoms with van der Waals surface area (Å²) in [7, 11) is 1.46. The van der Waals surface area contributed by atoms with Crippen molar-refractivity contribution in [3.63, 3.8) is 0 Å². The van der Waals surface area contributed by atoms with Crippen LogP contribution in [0.25, 0.3) is 0 Å². The van der Waals surface area contributed by atoms with Crippen LogP contribution in [0.4, 0.5) is 11.4 Å². The summed E-state index contributed by atoms with van der Waals surface area (Å²) < 4.78 is 5.14. The van der Waals surface area contributed by atoms with Crippen LogP contribution in [0.2, 0.25) is 10.0 Å². The zero-order valence-electron chi connectivity index (χ0n) is 10.6. The van der Waals surface area contributed by atoms with Gasteiger partial charge >= 0.3 is 0 Å². The third-order valence-electron chi connectivity index (χ3n) is 2.61. The highest BCUT2D eigenvalue weighted by Crippen LogP contribution is 2.28. The van der Waals surface area contributed by atoms with E-state index in [0.717, 1.165) is 0 Å². The number of ether oxygens (including phenoxy) is 1. The lowest BCUT2D eigenvalue weighted by molar-refractivity contribution is 0.102. The minimum atomic E-state index is -0.354. The number of nitrogen functional groups attached to an aromatic ring is 1. The van der Waals surface area contributed by atoms with E-state index in [1.165, 1.54) is 7.11 Å². The maximum absolute atomic E-state index is 12.2. The van der Waals surface area contributed by atoms with Crippen LogP contribution in [0, 0.1) is 0 Å². The third kappa shape index (κ3) is 3.15. The molecule has 0 atom stereocenters. The Morgan fingerprint density at radius 3 is 2.45 bits per heavy atom. The summed E-state index contributed by atoms with van der Waals surface area (Å²) in [6, 6.07) is 9.74. The number of methoxy groups -OCH3 is 1. The summed E-state index contributed by atoms with van der Waals surface area (Å²) in [5.41, 5.74) is 6.99. The van der Waals surface area contributed by atoms with Gasteiger partial charge in [-0.15, -0.1) is 0 Å². The first kappa shape index (κ1) is 14.5. The number of anilines is 2. The summed E-state index contributed by atoms with van der Waals surface area (Å²) in [6.07, 6.45) is 0. The molecule has 0 aromatic heterocycles. The number of nitrogens with two attached hydrogens (primary N) is 1. The van der Waals surface area contributed by atoms with Gasteiger partial charge in [-0.2, -0.15) is 0 Å². The van der Waals surface area contributed by atoms with Crippen molar-refractivity contribution in [2.24, 2.45) is 0 Å². The highest BCUT2D eigenvalue weighted by Gasteiger charge is 2.14. The summed E-state index contributed by atoms with van der Waals surface area (Å²) in [6.45, 7) is 0. The van der Waals surface area contributed by atoms with Gasteiger partial charge in [-0.25, -0.2) is 0 Å². The predicted octanol–water partition coefficient (Wildman–Crippen LogP) is 3.84. The topological polar surface area (TPSA) is 64.3 Å². The SMILES string of the molecule is COc1c(N)cccc1C(=O)Nc1cc(Cl)cc(Cl)c1. The summed E-state index contributed by atoms with van der Waals surface area (Å²) >= 11 is 11.8. The number of para-hydroxylation sites is 1. The van der Waals surface area contributed by atoms with Crippen LogP contribution in [0.5, 0.6) is 5.75 Å². The van der Waals surface area contributed by atoms with Crippen molar-refractivity contribution < 1.29 is 9.53 Å². The van der Waals surface area contributed by atoms with Gasteiger partial charge in [-0.1, -0.05) is 29.3 Å². The van der Waals surface area contributed by atoms with Crippen LogP contribution >= 0.6 is 23.2 Å². The molecule has 2 rings (SSSR count). The summed E-state index contributed by atoms with van der Waals surface area (Å²) in [5, 5.41) is 3.57. The number of benzene rings is 2. The fourth-order valence-corrected chi connectivity index (χ4v) is 2.31. The fraction of sp³-hybridized carbons (Fsp3) is 0.0714. The van der Waals surface area contributed by atoms with Crippen LogP contribution in [-0.4, -0.2) is 13.0 Å². The molecule has 0 saturated heterocycles. The second kappa shape index (κ2) is 6.03. The number of carbonyl (C=O) groups is 1. The van der Waals surface area contributed by atoms with E-state index in [2.05, 4.69) is 5.32 Å². The maximum Gasteiger partial charge on any atom is 0.259 e. The molecule has 0 spiro atoms. The van der Waals surface area contributed by atoms with Crippen molar-refractivity contribution in [1.29, 1.82) is 0 Å². The molecule has 2 aromatic carbocycles. The molecule has 0 aliphatic carbocycles. The maximum atomic E-state index is 12.2. The molecule has 20 heavy (non-hydrogen) atoms. The smallest absolute Gasteiger partial charge is 0.259 e. The van der Waals surface area contributed by atoms with E-state index in [1.54, 1.807) is 36.4 Å². The second-order valence-electron chi connectivity index (χ2n) is 4.04. The lowest BCUT2D eigenvalue weighted by atomic mass is 10.1. The number of amides is 1. The number of rotatable bonds is 3. The van der Waals surface area contributed by atoms with Crippen molar-refractivity contribution in [2.75, 3.05) is 18.2 Å². The molecule has 0 fully saturated rings. The van der Waals surface area contributed by atoms with E-state index in [9.17, 15) is 4.79 Å². The largest absolute Gasteiger partial charge is 0.494 e. The van der Waals surface area contributed by atoms with E-state index < -0.39 is 0 Å². The van der Waals surface area contributed by atoms with Crippen molar-refractivity contribution in [2.45, 2.75) is 0 Å². The van der Waals surface area contributed by atoms with Crippen LogP contribution in [-0.2, 0) is 0 Å². The average Bonchev–Trinajstić information content (AvgIpc) is 2.37. The Labute approximate surface area is 126 Å². The Balaban J connectivity index is 2.31. The fourth-order valence-electron chi connectivity index (χ4n) is 1.79. The van der Waals surface area contributed by atoms with Gasteiger partial charge in [0.05, 0.1) is 18.4 Å². The Morgan fingerprint density at radius 1 is 1.20 bits per heavy atom. The van der Waals surface area contributed by atoms with Gasteiger partial charge < -0.3 is 15.8 Å². The molecule has 0 saturated carbocycles. The molecule has 0 aliphatic heterocycles. The average molecular weight is 311 g/mol. The van der Waals surface area contributed by atoms with Crippen LogP contribution in [0.1, 0.15) is 10.4 Å². The summed E-state index contributed by atoms with van der Waals surface area (Å²) in [5.74, 6) is -0.0226. The lowest BCUT2D eigenvalue weighted by Crippen LogP contribution is -2.14. The van der Waals surface area contributed by atoms with Gasteiger partial charge in [-0.05, 0) is 30.3 Å². The number of hydrogen-bond donors (Lipinski definition) is 2. The van der Waals surface area contributed by atoms with Crippen LogP contribution in [0.3, 0.4) is 0 Å². The number of halogens is 2. The van der Waals surface area contributed by atoms with Gasteiger partial charge in [0, 0.05) is 15.7 Å². The van der Waals surface area contributed by atoms with E-state index >= 15 is 0 Å². The minimum Gasteiger partial charge on any atom is -0.494 e. The monoisotopic (exact) mass is 310 g/mol. The number of carbonyl (C=O) groups excluding carboxylic acids is 1. The molecule has 0 heterocycles. The second-order valence-corrected chi connectivity index (χ2v) is 4.91. The molecule has 0 radical (unpaired) electrons. The quantitative estimate of drug-likeness (QED) is 0.847. The molecule has 104 valence electrons. The van der Waals surface area contributed by atoms with Crippen LogP contribution < -0.4 is 15.8 Å². The Hall–Kier alpha value is -1.91. The molecule has 0 aliphatic rings. The minimum absolute atomic E-state index is 0.332. The van der Waals surface area contributed by atoms with Gasteiger partial charge in [0.2, 0.25) is 0 Å². The molecular formula is C14H12Cl2N2O2. The van der Waals surface area contributed by atoms with Gasteiger partial charge in [0.1, 0.15) is 0 Å². The van der Waals surface area contributed by atoms with Crippen LogP contribution in [0.15, 0.2) is 36.4 Å². The molecular weight excluding hydrogens is 299 g/mol. The van der Waals surface area contributed by atoms with Gasteiger partial charge in [0.25, 0.3) is 5.91 Å². The van der Waals surface area contributed by atoms with E-state index in [1.807, 2.05) is 0 Å². The van der Waals surface area contributed by atoms with E-state index in [-0.39, 0.29) is 5.91 Å². The number of nitrogens with one attached hydrogen (secondary N) is 1. The Kier molecular flexibility index (Phi) is 4.37. The molecule has 0 unspecified atom stereocenters.